The Morgan fingerprint density at radius 1 is 1.25 bits per heavy atom. The van der Waals surface area contributed by atoms with Crippen molar-refractivity contribution in [3.63, 3.8) is 0 Å². The van der Waals surface area contributed by atoms with Crippen LogP contribution in [-0.4, -0.2) is 30.1 Å². The van der Waals surface area contributed by atoms with E-state index >= 15 is 0 Å². The minimum absolute atomic E-state index is 0.635. The fraction of sp³-hybridized carbons (Fsp3) is 0.438. The van der Waals surface area contributed by atoms with Gasteiger partial charge in [-0.3, -0.25) is 9.88 Å². The van der Waals surface area contributed by atoms with E-state index in [1.165, 1.54) is 37.9 Å². The number of nitrogens with zero attached hydrogens (tertiary/aromatic N) is 2. The van der Waals surface area contributed by atoms with Gasteiger partial charge in [0.1, 0.15) is 5.52 Å². The van der Waals surface area contributed by atoms with Gasteiger partial charge in [0.15, 0.2) is 5.75 Å². The summed E-state index contributed by atoms with van der Waals surface area (Å²) in [6.07, 6.45) is 5.93. The number of pyridine rings is 1. The van der Waals surface area contributed by atoms with Gasteiger partial charge in [-0.2, -0.15) is 0 Å². The highest BCUT2D eigenvalue weighted by atomic mass is 16.5. The van der Waals surface area contributed by atoms with Crippen LogP contribution in [0, 0.1) is 0 Å². The van der Waals surface area contributed by atoms with Crippen LogP contribution in [0.1, 0.15) is 24.8 Å². The van der Waals surface area contributed by atoms with Crippen molar-refractivity contribution >= 4 is 16.6 Å². The number of hydrogen-bond acceptors (Lipinski definition) is 4. The first-order chi connectivity index (χ1) is 9.78. The van der Waals surface area contributed by atoms with E-state index in [9.17, 15) is 0 Å². The van der Waals surface area contributed by atoms with Crippen molar-refractivity contribution < 1.29 is 4.74 Å². The van der Waals surface area contributed by atoms with Gasteiger partial charge >= 0.3 is 0 Å². The van der Waals surface area contributed by atoms with Gasteiger partial charge in [0.2, 0.25) is 0 Å². The Hall–Kier alpha value is -1.81. The van der Waals surface area contributed by atoms with Crippen molar-refractivity contribution in [2.24, 2.45) is 0 Å². The fourth-order valence-corrected chi connectivity index (χ4v) is 2.91. The van der Waals surface area contributed by atoms with Crippen molar-refractivity contribution in [3.05, 3.63) is 30.0 Å². The summed E-state index contributed by atoms with van der Waals surface area (Å²) in [6, 6.07) is 6.09. The number of piperidine rings is 1. The number of benzene rings is 1. The summed E-state index contributed by atoms with van der Waals surface area (Å²) in [4.78, 5) is 7.05. The highest BCUT2D eigenvalue weighted by molar-refractivity contribution is 5.89. The molecular formula is C16H21N3O. The van der Waals surface area contributed by atoms with Gasteiger partial charge in [0.05, 0.1) is 12.8 Å². The largest absolute Gasteiger partial charge is 0.492 e. The number of nitrogen functional groups attached to an aromatic ring is 1. The molecule has 106 valence electrons. The van der Waals surface area contributed by atoms with Gasteiger partial charge in [-0.1, -0.05) is 12.5 Å². The van der Waals surface area contributed by atoms with Gasteiger partial charge in [-0.15, -0.1) is 0 Å². The molecule has 2 N–H and O–H groups in total. The number of ether oxygens (including phenoxy) is 1. The Labute approximate surface area is 119 Å². The Morgan fingerprint density at radius 3 is 2.80 bits per heavy atom. The summed E-state index contributed by atoms with van der Waals surface area (Å²) in [5.41, 5.74) is 8.65. The van der Waals surface area contributed by atoms with Crippen molar-refractivity contribution in [2.45, 2.75) is 25.8 Å². The highest BCUT2D eigenvalue weighted by Gasteiger charge is 2.12. The maximum Gasteiger partial charge on any atom is 0.167 e. The molecule has 0 radical (unpaired) electrons. The predicted octanol–water partition coefficient (Wildman–Crippen LogP) is 2.81. The van der Waals surface area contributed by atoms with E-state index in [0.29, 0.717) is 11.4 Å². The molecule has 2 heterocycles. The number of methoxy groups -OCH3 is 1. The van der Waals surface area contributed by atoms with Crippen molar-refractivity contribution in [1.29, 1.82) is 0 Å². The van der Waals surface area contributed by atoms with Crippen molar-refractivity contribution in [1.82, 2.24) is 9.88 Å². The molecule has 1 aliphatic heterocycles. The lowest BCUT2D eigenvalue weighted by molar-refractivity contribution is 0.221. The summed E-state index contributed by atoms with van der Waals surface area (Å²) in [6.45, 7) is 3.38. The molecule has 1 fully saturated rings. The van der Waals surface area contributed by atoms with Crippen LogP contribution >= 0.6 is 0 Å². The molecule has 1 aromatic heterocycles. The van der Waals surface area contributed by atoms with E-state index in [1.54, 1.807) is 7.11 Å². The summed E-state index contributed by atoms with van der Waals surface area (Å²) >= 11 is 0. The molecule has 20 heavy (non-hydrogen) atoms. The monoisotopic (exact) mass is 271 g/mol. The van der Waals surface area contributed by atoms with Gasteiger partial charge in [0, 0.05) is 18.1 Å². The van der Waals surface area contributed by atoms with Crippen LogP contribution in [0.15, 0.2) is 24.4 Å². The second-order valence-electron chi connectivity index (χ2n) is 5.44. The van der Waals surface area contributed by atoms with Crippen LogP contribution < -0.4 is 10.5 Å². The molecule has 0 amide bonds. The number of rotatable bonds is 3. The maximum absolute atomic E-state index is 5.91. The molecule has 0 spiro atoms. The van der Waals surface area contributed by atoms with Gasteiger partial charge in [0.25, 0.3) is 0 Å². The Kier molecular flexibility index (Phi) is 3.74. The third-order valence-electron chi connectivity index (χ3n) is 3.95. The Balaban J connectivity index is 1.89. The van der Waals surface area contributed by atoms with Crippen LogP contribution in [-0.2, 0) is 6.54 Å². The lowest BCUT2D eigenvalue weighted by Gasteiger charge is -2.26. The summed E-state index contributed by atoms with van der Waals surface area (Å²) in [7, 11) is 1.63. The molecule has 4 heteroatoms. The van der Waals surface area contributed by atoms with Crippen LogP contribution in [0.25, 0.3) is 10.9 Å². The molecule has 0 unspecified atom stereocenters. The molecule has 0 aliphatic carbocycles. The summed E-state index contributed by atoms with van der Waals surface area (Å²) in [5.74, 6) is 0.673. The number of aromatic nitrogens is 1. The first-order valence-corrected chi connectivity index (χ1v) is 7.21. The average molecular weight is 271 g/mol. The smallest absolute Gasteiger partial charge is 0.167 e. The van der Waals surface area contributed by atoms with Gasteiger partial charge in [-0.05, 0) is 43.6 Å². The normalized spacial score (nSPS) is 16.4. The molecule has 1 saturated heterocycles. The number of fused-ring (bicyclic) bond motifs is 1. The van der Waals surface area contributed by atoms with Gasteiger partial charge < -0.3 is 10.5 Å². The molecule has 4 nitrogen and oxygen atoms in total. The minimum atomic E-state index is 0.635. The molecular weight excluding hydrogens is 250 g/mol. The lowest BCUT2D eigenvalue weighted by Crippen LogP contribution is -2.29. The van der Waals surface area contributed by atoms with Gasteiger partial charge in [-0.25, -0.2) is 0 Å². The maximum atomic E-state index is 5.91. The zero-order chi connectivity index (χ0) is 13.9. The van der Waals surface area contributed by atoms with E-state index in [2.05, 4.69) is 16.0 Å². The Morgan fingerprint density at radius 2 is 2.05 bits per heavy atom. The minimum Gasteiger partial charge on any atom is -0.492 e. The molecule has 0 saturated carbocycles. The first kappa shape index (κ1) is 13.2. The molecule has 1 aliphatic rings. The molecule has 1 aromatic carbocycles. The van der Waals surface area contributed by atoms with Crippen molar-refractivity contribution in [2.75, 3.05) is 25.9 Å². The Bertz CT molecular complexity index is 606. The quantitative estimate of drug-likeness (QED) is 0.872. The fourth-order valence-electron chi connectivity index (χ4n) is 2.91. The number of nitrogens with two attached hydrogens (primary N) is 1. The average Bonchev–Trinajstić information content (AvgIpc) is 2.48. The number of anilines is 1. The van der Waals surface area contributed by atoms with E-state index < -0.39 is 0 Å². The predicted molar refractivity (Wildman–Crippen MR) is 81.8 cm³/mol. The second-order valence-corrected chi connectivity index (χ2v) is 5.44. The molecule has 0 bridgehead atoms. The number of hydrogen-bond donors (Lipinski definition) is 1. The van der Waals surface area contributed by atoms with Crippen LogP contribution in [0.5, 0.6) is 5.75 Å². The third-order valence-corrected chi connectivity index (χ3v) is 3.95. The zero-order valence-corrected chi connectivity index (χ0v) is 11.9. The van der Waals surface area contributed by atoms with Crippen LogP contribution in [0.3, 0.4) is 0 Å². The SMILES string of the molecule is COc1c(N)ccc2cc(CN3CCCCC3)cnc12. The summed E-state index contributed by atoms with van der Waals surface area (Å²) < 4.78 is 5.35. The lowest BCUT2D eigenvalue weighted by atomic mass is 10.1. The molecule has 0 atom stereocenters. The number of likely N-dealkylation sites (tertiary alicyclic amines) is 1. The van der Waals surface area contributed by atoms with E-state index in [-0.39, 0.29) is 0 Å². The van der Waals surface area contributed by atoms with E-state index in [1.807, 2.05) is 18.3 Å². The van der Waals surface area contributed by atoms with Crippen LogP contribution in [0.4, 0.5) is 5.69 Å². The van der Waals surface area contributed by atoms with Crippen molar-refractivity contribution in [3.8, 4) is 5.75 Å². The molecule has 2 aromatic rings. The standard InChI is InChI=1S/C16H21N3O/c1-20-16-14(17)6-5-13-9-12(10-18-15(13)16)11-19-7-3-2-4-8-19/h5-6,9-10H,2-4,7-8,11,17H2,1H3. The second kappa shape index (κ2) is 5.67. The zero-order valence-electron chi connectivity index (χ0n) is 11.9. The highest BCUT2D eigenvalue weighted by Crippen LogP contribution is 2.30. The molecule has 3 rings (SSSR count). The first-order valence-electron chi connectivity index (χ1n) is 7.21. The third kappa shape index (κ3) is 2.56. The topological polar surface area (TPSA) is 51.4 Å². The van der Waals surface area contributed by atoms with Crippen LogP contribution in [0.2, 0.25) is 0 Å². The van der Waals surface area contributed by atoms with E-state index in [4.69, 9.17) is 10.5 Å². The van der Waals surface area contributed by atoms with E-state index in [0.717, 1.165) is 17.4 Å². The summed E-state index contributed by atoms with van der Waals surface area (Å²) in [5, 5.41) is 1.09.